The number of nitrogens with one attached hydrogen (secondary N) is 1. The summed E-state index contributed by atoms with van der Waals surface area (Å²) in [6, 6.07) is 6.29. The van der Waals surface area contributed by atoms with E-state index in [1.807, 2.05) is 25.1 Å². The summed E-state index contributed by atoms with van der Waals surface area (Å²) in [4.78, 5) is 5.29. The van der Waals surface area contributed by atoms with Crippen LogP contribution in [0, 0.1) is 6.92 Å². The zero-order valence-corrected chi connectivity index (χ0v) is 12.8. The smallest absolute Gasteiger partial charge is 0.260 e. The number of oxazole rings is 1. The highest BCUT2D eigenvalue weighted by atomic mass is 35.5. The first-order valence-electron chi connectivity index (χ1n) is 6.23. The fraction of sp³-hybridized carbons (Fsp3) is 0.357. The van der Waals surface area contributed by atoms with Gasteiger partial charge in [0.1, 0.15) is 6.26 Å². The molecular formula is C14H17ClN2OS. The average Bonchev–Trinajstić information content (AvgIpc) is 2.75. The van der Waals surface area contributed by atoms with E-state index in [1.54, 1.807) is 6.26 Å². The molecule has 2 aromatic rings. The zero-order valence-electron chi connectivity index (χ0n) is 11.2. The van der Waals surface area contributed by atoms with Gasteiger partial charge in [-0.05, 0) is 49.9 Å². The van der Waals surface area contributed by atoms with E-state index in [4.69, 9.17) is 16.0 Å². The van der Waals surface area contributed by atoms with Gasteiger partial charge in [0, 0.05) is 16.0 Å². The monoisotopic (exact) mass is 296 g/mol. The summed E-state index contributed by atoms with van der Waals surface area (Å²) in [6.07, 6.45) is 1.64. The molecule has 0 amide bonds. The normalized spacial score (nSPS) is 12.6. The van der Waals surface area contributed by atoms with Crippen LogP contribution in [0.5, 0.6) is 0 Å². The summed E-state index contributed by atoms with van der Waals surface area (Å²) in [5, 5.41) is 4.76. The van der Waals surface area contributed by atoms with Crippen molar-refractivity contribution in [2.24, 2.45) is 0 Å². The molecule has 1 N–H and O–H groups in total. The number of benzene rings is 1. The molecule has 0 bridgehead atoms. The van der Waals surface area contributed by atoms with Crippen molar-refractivity contribution in [3.63, 3.8) is 0 Å². The van der Waals surface area contributed by atoms with E-state index >= 15 is 0 Å². The highest BCUT2D eigenvalue weighted by Gasteiger charge is 2.10. The number of halogens is 1. The summed E-state index contributed by atoms with van der Waals surface area (Å²) in [5.41, 5.74) is 1.99. The minimum absolute atomic E-state index is 0.250. The van der Waals surface area contributed by atoms with Crippen LogP contribution in [0.15, 0.2) is 39.0 Å². The Morgan fingerprint density at radius 1 is 1.47 bits per heavy atom. The van der Waals surface area contributed by atoms with Crippen molar-refractivity contribution in [3.8, 4) is 0 Å². The number of nitrogens with zero attached hydrogens (tertiary/aromatic N) is 1. The molecule has 0 radical (unpaired) electrons. The molecule has 102 valence electrons. The molecular weight excluding hydrogens is 280 g/mol. The number of aryl methyl sites for hydroxylation is 1. The predicted molar refractivity (Wildman–Crippen MR) is 78.9 cm³/mol. The van der Waals surface area contributed by atoms with Gasteiger partial charge in [-0.15, -0.1) is 0 Å². The number of aromatic nitrogens is 1. The minimum Gasteiger partial charge on any atom is -0.439 e. The quantitative estimate of drug-likeness (QED) is 0.884. The molecule has 0 aliphatic heterocycles. The lowest BCUT2D eigenvalue weighted by molar-refractivity contribution is 0.454. The summed E-state index contributed by atoms with van der Waals surface area (Å²) in [5.74, 6) is 0. The van der Waals surface area contributed by atoms with Crippen LogP contribution in [0.3, 0.4) is 0 Å². The Labute approximate surface area is 122 Å². The van der Waals surface area contributed by atoms with E-state index in [2.05, 4.69) is 24.1 Å². The molecule has 19 heavy (non-hydrogen) atoms. The van der Waals surface area contributed by atoms with Gasteiger partial charge in [0.05, 0.1) is 5.69 Å². The second-order valence-corrected chi connectivity index (χ2v) is 5.75. The first-order chi connectivity index (χ1) is 9.10. The van der Waals surface area contributed by atoms with Gasteiger partial charge in [-0.2, -0.15) is 0 Å². The van der Waals surface area contributed by atoms with Crippen molar-refractivity contribution in [2.45, 2.75) is 36.9 Å². The van der Waals surface area contributed by atoms with Gasteiger partial charge in [-0.3, -0.25) is 0 Å². The molecule has 1 heterocycles. The molecule has 0 saturated heterocycles. The standard InChI is InChI=1S/C14H17ClN2OS/c1-4-16-10(3)12-6-5-11(7-13(12)15)19-14-17-9(2)8-18-14/h5-8,10,16H,4H2,1-3H3. The van der Waals surface area contributed by atoms with Gasteiger partial charge >= 0.3 is 0 Å². The van der Waals surface area contributed by atoms with Crippen molar-refractivity contribution in [2.75, 3.05) is 6.54 Å². The van der Waals surface area contributed by atoms with Crippen LogP contribution in [0.1, 0.15) is 31.1 Å². The lowest BCUT2D eigenvalue weighted by atomic mass is 10.1. The molecule has 0 fully saturated rings. The predicted octanol–water partition coefficient (Wildman–Crippen LogP) is 4.46. The summed E-state index contributed by atoms with van der Waals surface area (Å²) in [6.45, 7) is 7.01. The maximum atomic E-state index is 6.33. The maximum Gasteiger partial charge on any atom is 0.260 e. The lowest BCUT2D eigenvalue weighted by Gasteiger charge is -2.14. The third kappa shape index (κ3) is 3.75. The van der Waals surface area contributed by atoms with Crippen LogP contribution in [-0.2, 0) is 0 Å². The Morgan fingerprint density at radius 2 is 2.26 bits per heavy atom. The van der Waals surface area contributed by atoms with Gasteiger partial charge in [0.2, 0.25) is 0 Å². The van der Waals surface area contributed by atoms with Crippen molar-refractivity contribution in [3.05, 3.63) is 40.7 Å². The summed E-state index contributed by atoms with van der Waals surface area (Å²) >= 11 is 7.80. The molecule has 1 atom stereocenters. The molecule has 1 aromatic heterocycles. The SMILES string of the molecule is CCNC(C)c1ccc(Sc2nc(C)co2)cc1Cl. The highest BCUT2D eigenvalue weighted by molar-refractivity contribution is 7.99. The lowest BCUT2D eigenvalue weighted by Crippen LogP contribution is -2.17. The Kier molecular flexibility index (Phi) is 4.91. The zero-order chi connectivity index (χ0) is 13.8. The molecule has 0 aliphatic rings. The molecule has 1 unspecified atom stereocenters. The van der Waals surface area contributed by atoms with Crippen LogP contribution >= 0.6 is 23.4 Å². The molecule has 0 saturated carbocycles. The Bertz CT molecular complexity index is 556. The fourth-order valence-electron chi connectivity index (χ4n) is 1.82. The van der Waals surface area contributed by atoms with Gasteiger partial charge < -0.3 is 9.73 Å². The number of hydrogen-bond acceptors (Lipinski definition) is 4. The van der Waals surface area contributed by atoms with E-state index in [9.17, 15) is 0 Å². The highest BCUT2D eigenvalue weighted by Crippen LogP contribution is 2.32. The van der Waals surface area contributed by atoms with E-state index in [0.29, 0.717) is 5.22 Å². The van der Waals surface area contributed by atoms with Crippen LogP contribution in [0.25, 0.3) is 0 Å². The average molecular weight is 297 g/mol. The summed E-state index contributed by atoms with van der Waals surface area (Å²) < 4.78 is 5.32. The number of rotatable bonds is 5. The molecule has 0 spiro atoms. The van der Waals surface area contributed by atoms with Crippen molar-refractivity contribution in [1.29, 1.82) is 0 Å². The van der Waals surface area contributed by atoms with Crippen LogP contribution in [-0.4, -0.2) is 11.5 Å². The van der Waals surface area contributed by atoms with Crippen LogP contribution < -0.4 is 5.32 Å². The van der Waals surface area contributed by atoms with Crippen LogP contribution in [0.2, 0.25) is 5.02 Å². The Morgan fingerprint density at radius 3 is 2.84 bits per heavy atom. The summed E-state index contributed by atoms with van der Waals surface area (Å²) in [7, 11) is 0. The Balaban J connectivity index is 2.14. The Hall–Kier alpha value is -0.970. The largest absolute Gasteiger partial charge is 0.439 e. The van der Waals surface area contributed by atoms with Crippen molar-refractivity contribution >= 4 is 23.4 Å². The van der Waals surface area contributed by atoms with E-state index in [-0.39, 0.29) is 6.04 Å². The van der Waals surface area contributed by atoms with Crippen molar-refractivity contribution < 1.29 is 4.42 Å². The molecule has 3 nitrogen and oxygen atoms in total. The van der Waals surface area contributed by atoms with Gasteiger partial charge in [-0.1, -0.05) is 24.6 Å². The van der Waals surface area contributed by atoms with E-state index < -0.39 is 0 Å². The molecule has 1 aromatic carbocycles. The van der Waals surface area contributed by atoms with Gasteiger partial charge in [-0.25, -0.2) is 4.98 Å². The topological polar surface area (TPSA) is 38.1 Å². The van der Waals surface area contributed by atoms with Crippen molar-refractivity contribution in [1.82, 2.24) is 10.3 Å². The minimum atomic E-state index is 0.250. The van der Waals surface area contributed by atoms with Gasteiger partial charge in [0.15, 0.2) is 0 Å². The second kappa shape index (κ2) is 6.46. The van der Waals surface area contributed by atoms with E-state index in [0.717, 1.165) is 27.7 Å². The molecule has 5 heteroatoms. The first-order valence-corrected chi connectivity index (χ1v) is 7.42. The fourth-order valence-corrected chi connectivity index (χ4v) is 3.03. The van der Waals surface area contributed by atoms with Gasteiger partial charge in [0.25, 0.3) is 5.22 Å². The maximum absolute atomic E-state index is 6.33. The number of hydrogen-bond donors (Lipinski definition) is 1. The van der Waals surface area contributed by atoms with Crippen LogP contribution in [0.4, 0.5) is 0 Å². The van der Waals surface area contributed by atoms with E-state index in [1.165, 1.54) is 11.8 Å². The first kappa shape index (κ1) is 14.4. The third-order valence-electron chi connectivity index (χ3n) is 2.75. The second-order valence-electron chi connectivity index (χ2n) is 4.32. The molecule has 0 aliphatic carbocycles. The molecule has 2 rings (SSSR count). The third-order valence-corrected chi connectivity index (χ3v) is 3.93.